The van der Waals surface area contributed by atoms with Crippen LogP contribution in [0.3, 0.4) is 0 Å². The van der Waals surface area contributed by atoms with Gasteiger partial charge in [0.05, 0.1) is 11.0 Å². The highest BCUT2D eigenvalue weighted by atomic mass is 35.5. The lowest BCUT2D eigenvalue weighted by molar-refractivity contribution is 0.0809. The number of aromatic nitrogens is 2. The molecule has 0 amide bonds. The number of fused-ring (bicyclic) bond motifs is 2. The minimum Gasteiger partial charge on any atom is -0.274 e. The lowest BCUT2D eigenvalue weighted by Gasteiger charge is -2.22. The van der Waals surface area contributed by atoms with Gasteiger partial charge in [0.25, 0.3) is 0 Å². The summed E-state index contributed by atoms with van der Waals surface area (Å²) in [6.07, 6.45) is 5.36. The molecule has 1 aliphatic carbocycles. The van der Waals surface area contributed by atoms with E-state index < -0.39 is 0 Å². The molecule has 0 aliphatic heterocycles. The molecule has 140 valence electrons. The number of benzene rings is 3. The summed E-state index contributed by atoms with van der Waals surface area (Å²) in [5, 5.41) is 2.86. The monoisotopic (exact) mass is 388 g/mol. The maximum absolute atomic E-state index is 13.6. The molecular formula is C24H21ClN2O. The molecular weight excluding hydrogens is 368 g/mol. The van der Waals surface area contributed by atoms with E-state index in [0.29, 0.717) is 10.8 Å². The Kier molecular flexibility index (Phi) is 4.40. The zero-order chi connectivity index (χ0) is 19.1. The van der Waals surface area contributed by atoms with E-state index in [2.05, 4.69) is 24.3 Å². The zero-order valence-electron chi connectivity index (χ0n) is 15.6. The number of imidazole rings is 1. The number of rotatable bonds is 2. The second-order valence-electron chi connectivity index (χ2n) is 7.60. The Morgan fingerprint density at radius 1 is 0.964 bits per heavy atom. The van der Waals surface area contributed by atoms with Gasteiger partial charge in [-0.15, -0.1) is 0 Å². The molecule has 1 heterocycles. The molecule has 4 heteroatoms. The topological polar surface area (TPSA) is 34.9 Å². The molecule has 0 saturated heterocycles. The molecule has 3 aromatic carbocycles. The van der Waals surface area contributed by atoms with Crippen LogP contribution < -0.4 is 0 Å². The van der Waals surface area contributed by atoms with Crippen molar-refractivity contribution in [1.29, 1.82) is 0 Å². The summed E-state index contributed by atoms with van der Waals surface area (Å²) < 4.78 is 1.82. The van der Waals surface area contributed by atoms with Crippen LogP contribution in [0.15, 0.2) is 60.7 Å². The molecule has 0 unspecified atom stereocenters. The first-order chi connectivity index (χ1) is 13.7. The second kappa shape index (κ2) is 7.06. The summed E-state index contributed by atoms with van der Waals surface area (Å²) in [6.45, 7) is 0. The van der Waals surface area contributed by atoms with Crippen LogP contribution in [0.2, 0.25) is 5.02 Å². The van der Waals surface area contributed by atoms with Gasteiger partial charge in [-0.25, -0.2) is 4.98 Å². The van der Waals surface area contributed by atoms with E-state index in [1.165, 1.54) is 6.42 Å². The first-order valence-corrected chi connectivity index (χ1v) is 10.3. The quantitative estimate of drug-likeness (QED) is 0.381. The van der Waals surface area contributed by atoms with Crippen molar-refractivity contribution in [3.8, 4) is 11.4 Å². The fraction of sp³-hybridized carbons (Fsp3) is 0.250. The van der Waals surface area contributed by atoms with Crippen LogP contribution in [0.25, 0.3) is 33.2 Å². The van der Waals surface area contributed by atoms with Gasteiger partial charge in [-0.2, -0.15) is 0 Å². The number of carbonyl (C=O) groups excluding carboxylic acids is 1. The highest BCUT2D eigenvalue weighted by Crippen LogP contribution is 2.34. The van der Waals surface area contributed by atoms with Crippen LogP contribution in [-0.2, 0) is 0 Å². The van der Waals surface area contributed by atoms with Crippen LogP contribution in [0.5, 0.6) is 0 Å². The lowest BCUT2D eigenvalue weighted by Crippen LogP contribution is -2.24. The van der Waals surface area contributed by atoms with Crippen LogP contribution in [0, 0.1) is 5.92 Å². The van der Waals surface area contributed by atoms with E-state index in [0.717, 1.165) is 53.1 Å². The molecule has 0 spiro atoms. The molecule has 1 aliphatic rings. The van der Waals surface area contributed by atoms with Crippen molar-refractivity contribution < 1.29 is 4.79 Å². The molecule has 3 nitrogen and oxygen atoms in total. The summed E-state index contributed by atoms with van der Waals surface area (Å²) in [7, 11) is 0. The number of hydrogen-bond donors (Lipinski definition) is 0. The molecule has 1 aromatic heterocycles. The summed E-state index contributed by atoms with van der Waals surface area (Å²) in [6, 6.07) is 20.0. The second-order valence-corrected chi connectivity index (χ2v) is 8.04. The summed E-state index contributed by atoms with van der Waals surface area (Å²) in [5.41, 5.74) is 2.58. The fourth-order valence-electron chi connectivity index (χ4n) is 4.40. The van der Waals surface area contributed by atoms with Crippen molar-refractivity contribution in [1.82, 2.24) is 9.55 Å². The molecule has 1 fully saturated rings. The Bertz CT molecular complexity index is 1180. The Balaban J connectivity index is 1.77. The van der Waals surface area contributed by atoms with Crippen LogP contribution in [0.4, 0.5) is 0 Å². The third-order valence-electron chi connectivity index (χ3n) is 5.82. The SMILES string of the molecule is O=C(C1CCCCC1)n1c(-c2cccc3ccccc23)nc2ccc(Cl)cc21. The van der Waals surface area contributed by atoms with E-state index in [9.17, 15) is 4.79 Å². The Labute approximate surface area is 169 Å². The van der Waals surface area contributed by atoms with Gasteiger partial charge in [0.15, 0.2) is 0 Å². The Hall–Kier alpha value is -2.65. The number of hydrogen-bond acceptors (Lipinski definition) is 2. The Morgan fingerprint density at radius 3 is 2.61 bits per heavy atom. The molecule has 1 saturated carbocycles. The van der Waals surface area contributed by atoms with Crippen molar-refractivity contribution in [2.24, 2.45) is 5.92 Å². The van der Waals surface area contributed by atoms with Gasteiger partial charge in [-0.1, -0.05) is 73.3 Å². The van der Waals surface area contributed by atoms with Crippen molar-refractivity contribution in [3.63, 3.8) is 0 Å². The average Bonchev–Trinajstić information content (AvgIpc) is 3.11. The van der Waals surface area contributed by atoms with E-state index in [1.54, 1.807) is 0 Å². The number of halogens is 1. The van der Waals surface area contributed by atoms with Gasteiger partial charge in [-0.05, 0) is 41.8 Å². The van der Waals surface area contributed by atoms with E-state index in [1.807, 2.05) is 41.0 Å². The van der Waals surface area contributed by atoms with E-state index >= 15 is 0 Å². The van der Waals surface area contributed by atoms with Gasteiger partial charge in [0.2, 0.25) is 5.91 Å². The van der Waals surface area contributed by atoms with Crippen LogP contribution >= 0.6 is 11.6 Å². The molecule has 5 rings (SSSR count). The molecule has 0 atom stereocenters. The first-order valence-electron chi connectivity index (χ1n) is 9.93. The van der Waals surface area contributed by atoms with Crippen LogP contribution in [0.1, 0.15) is 36.9 Å². The number of carbonyl (C=O) groups is 1. The fourth-order valence-corrected chi connectivity index (χ4v) is 4.57. The highest BCUT2D eigenvalue weighted by Gasteiger charge is 2.27. The van der Waals surface area contributed by atoms with E-state index in [-0.39, 0.29) is 11.8 Å². The number of nitrogens with zero attached hydrogens (tertiary/aromatic N) is 2. The van der Waals surface area contributed by atoms with Crippen molar-refractivity contribution in [2.75, 3.05) is 0 Å². The maximum Gasteiger partial charge on any atom is 0.235 e. The van der Waals surface area contributed by atoms with Gasteiger partial charge in [-0.3, -0.25) is 9.36 Å². The molecule has 0 radical (unpaired) electrons. The predicted octanol–water partition coefficient (Wildman–Crippen LogP) is 6.73. The largest absolute Gasteiger partial charge is 0.274 e. The van der Waals surface area contributed by atoms with Crippen LogP contribution in [-0.4, -0.2) is 15.5 Å². The maximum atomic E-state index is 13.6. The minimum absolute atomic E-state index is 0.0545. The average molecular weight is 389 g/mol. The molecule has 0 bridgehead atoms. The summed E-state index contributed by atoms with van der Waals surface area (Å²) in [5.74, 6) is 0.913. The minimum atomic E-state index is 0.0545. The normalized spacial score (nSPS) is 15.3. The summed E-state index contributed by atoms with van der Waals surface area (Å²) >= 11 is 6.28. The molecule has 0 N–H and O–H groups in total. The van der Waals surface area contributed by atoms with Crippen molar-refractivity contribution in [2.45, 2.75) is 32.1 Å². The predicted molar refractivity (Wildman–Crippen MR) is 115 cm³/mol. The van der Waals surface area contributed by atoms with Crippen molar-refractivity contribution >= 4 is 39.3 Å². The molecule has 4 aromatic rings. The van der Waals surface area contributed by atoms with Gasteiger partial charge < -0.3 is 0 Å². The standard InChI is InChI=1S/C24H21ClN2O/c25-18-13-14-21-22(15-18)27(24(28)17-8-2-1-3-9-17)23(26-21)20-12-6-10-16-7-4-5-11-19(16)20/h4-7,10-15,17H,1-3,8-9H2. The van der Waals surface area contributed by atoms with Gasteiger partial charge >= 0.3 is 0 Å². The smallest absolute Gasteiger partial charge is 0.235 e. The third kappa shape index (κ3) is 2.91. The van der Waals surface area contributed by atoms with Gasteiger partial charge in [0.1, 0.15) is 5.82 Å². The van der Waals surface area contributed by atoms with Crippen molar-refractivity contribution in [3.05, 3.63) is 65.7 Å². The summed E-state index contributed by atoms with van der Waals surface area (Å²) in [4.78, 5) is 18.5. The first kappa shape index (κ1) is 17.4. The Morgan fingerprint density at radius 2 is 1.75 bits per heavy atom. The third-order valence-corrected chi connectivity index (χ3v) is 6.06. The van der Waals surface area contributed by atoms with E-state index in [4.69, 9.17) is 16.6 Å². The lowest BCUT2D eigenvalue weighted by atomic mass is 9.88. The molecule has 28 heavy (non-hydrogen) atoms. The van der Waals surface area contributed by atoms with Gasteiger partial charge in [0, 0.05) is 16.5 Å². The zero-order valence-corrected chi connectivity index (χ0v) is 16.3. The highest BCUT2D eigenvalue weighted by molar-refractivity contribution is 6.31.